The zero-order chi connectivity index (χ0) is 32.0. The van der Waals surface area contributed by atoms with Crippen molar-refractivity contribution < 1.29 is 33.2 Å². The van der Waals surface area contributed by atoms with Gasteiger partial charge in [-0.2, -0.15) is 0 Å². The molecule has 0 radical (unpaired) electrons. The van der Waals surface area contributed by atoms with Crippen LogP contribution in [-0.4, -0.2) is 49.8 Å². The van der Waals surface area contributed by atoms with Crippen LogP contribution in [0, 0.1) is 0 Å². The molecular formula is C36H37N3O7. The third-order valence-electron chi connectivity index (χ3n) is 7.61. The molecule has 0 amide bonds. The number of hydrogen-bond acceptors (Lipinski definition) is 8. The Balaban J connectivity index is 1.53. The zero-order valence-corrected chi connectivity index (χ0v) is 25.6. The number of azide groups is 1. The molecule has 1 aliphatic heterocycles. The molecule has 0 aromatic heterocycles. The molecule has 10 heteroatoms. The van der Waals surface area contributed by atoms with Gasteiger partial charge in [-0.05, 0) is 32.9 Å². The highest BCUT2D eigenvalue weighted by molar-refractivity contribution is 5.80. The second-order valence-corrected chi connectivity index (χ2v) is 10.8. The first-order valence-electron chi connectivity index (χ1n) is 15.0. The van der Waals surface area contributed by atoms with Gasteiger partial charge >= 0.3 is 5.97 Å². The maximum absolute atomic E-state index is 13.6. The number of hydrogen-bond donors (Lipinski definition) is 0. The molecule has 0 N–H and O–H groups in total. The van der Waals surface area contributed by atoms with Gasteiger partial charge < -0.3 is 28.4 Å². The predicted octanol–water partition coefficient (Wildman–Crippen LogP) is 6.54. The van der Waals surface area contributed by atoms with Crippen molar-refractivity contribution in [2.45, 2.75) is 56.6 Å². The zero-order valence-electron chi connectivity index (χ0n) is 25.6. The van der Waals surface area contributed by atoms with Crippen molar-refractivity contribution in [3.63, 3.8) is 0 Å². The van der Waals surface area contributed by atoms with Gasteiger partial charge in [-0.1, -0.05) is 121 Å². The van der Waals surface area contributed by atoms with E-state index in [9.17, 15) is 10.3 Å². The lowest BCUT2D eigenvalue weighted by Gasteiger charge is -2.49. The molecule has 4 aromatic rings. The minimum atomic E-state index is -2.24. The van der Waals surface area contributed by atoms with E-state index in [1.54, 1.807) is 0 Å². The summed E-state index contributed by atoms with van der Waals surface area (Å²) in [7, 11) is 1.20. The fraction of sp³-hybridized carbons (Fsp3) is 0.306. The maximum atomic E-state index is 13.6. The average molecular weight is 624 g/mol. The highest BCUT2D eigenvalue weighted by atomic mass is 16.7. The number of ether oxygens (including phenoxy) is 6. The normalized spacial score (nSPS) is 22.5. The lowest BCUT2D eigenvalue weighted by Crippen LogP contribution is -2.69. The lowest BCUT2D eigenvalue weighted by molar-refractivity contribution is -0.303. The van der Waals surface area contributed by atoms with E-state index < -0.39 is 36.1 Å². The van der Waals surface area contributed by atoms with Crippen LogP contribution in [0.4, 0.5) is 0 Å². The van der Waals surface area contributed by atoms with Gasteiger partial charge in [-0.15, -0.1) is 0 Å². The van der Waals surface area contributed by atoms with Crippen LogP contribution in [0.2, 0.25) is 0 Å². The van der Waals surface area contributed by atoms with Crippen LogP contribution < -0.4 is 0 Å². The number of methoxy groups -OCH3 is 1. The Labute approximate surface area is 268 Å². The largest absolute Gasteiger partial charge is 0.467 e. The molecule has 1 heterocycles. The van der Waals surface area contributed by atoms with Gasteiger partial charge in [0.15, 0.2) is 0 Å². The second-order valence-electron chi connectivity index (χ2n) is 10.8. The van der Waals surface area contributed by atoms with Crippen molar-refractivity contribution >= 4 is 5.97 Å². The van der Waals surface area contributed by atoms with Gasteiger partial charge in [0.05, 0.1) is 40.1 Å². The first-order chi connectivity index (χ1) is 22.6. The summed E-state index contributed by atoms with van der Waals surface area (Å²) in [6.45, 7) is 0.716. The molecule has 5 rings (SSSR count). The summed E-state index contributed by atoms with van der Waals surface area (Å²) in [5, 5.41) is 3.92. The quantitative estimate of drug-likeness (QED) is 0.0638. The van der Waals surface area contributed by atoms with E-state index in [0.29, 0.717) is 0 Å². The number of esters is 1. The molecule has 0 bridgehead atoms. The maximum Gasteiger partial charge on any atom is 0.347 e. The van der Waals surface area contributed by atoms with Crippen molar-refractivity contribution in [3.8, 4) is 0 Å². The molecule has 46 heavy (non-hydrogen) atoms. The van der Waals surface area contributed by atoms with Crippen LogP contribution in [0.5, 0.6) is 0 Å². The number of carbonyl (C=O) groups is 1. The van der Waals surface area contributed by atoms with Crippen LogP contribution in [0.1, 0.15) is 22.3 Å². The van der Waals surface area contributed by atoms with E-state index in [0.717, 1.165) is 22.3 Å². The van der Waals surface area contributed by atoms with Gasteiger partial charge in [-0.3, -0.25) is 0 Å². The second kappa shape index (κ2) is 16.7. The summed E-state index contributed by atoms with van der Waals surface area (Å²) in [6, 6.07) is 38.4. The van der Waals surface area contributed by atoms with Crippen LogP contribution in [-0.2, 0) is 59.6 Å². The monoisotopic (exact) mass is 623 g/mol. The van der Waals surface area contributed by atoms with Gasteiger partial charge in [0.2, 0.25) is 0 Å². The van der Waals surface area contributed by atoms with Crippen molar-refractivity contribution in [3.05, 3.63) is 154 Å². The van der Waals surface area contributed by atoms with E-state index in [2.05, 4.69) is 10.0 Å². The summed E-state index contributed by atoms with van der Waals surface area (Å²) in [5.41, 5.74) is 11.1. The van der Waals surface area contributed by atoms with E-state index in [1.165, 1.54) is 7.11 Å². The van der Waals surface area contributed by atoms with Crippen LogP contribution >= 0.6 is 0 Å². The minimum Gasteiger partial charge on any atom is -0.467 e. The van der Waals surface area contributed by atoms with Crippen molar-refractivity contribution in [2.75, 3.05) is 13.7 Å². The fourth-order valence-corrected chi connectivity index (χ4v) is 5.35. The Hall–Kier alpha value is -4.54. The molecule has 0 saturated carbocycles. The molecule has 0 unspecified atom stereocenters. The third-order valence-corrected chi connectivity index (χ3v) is 7.61. The number of benzene rings is 4. The van der Waals surface area contributed by atoms with Gasteiger partial charge in [-0.25, -0.2) is 4.79 Å². The van der Waals surface area contributed by atoms with Crippen LogP contribution in [0.3, 0.4) is 0 Å². The summed E-state index contributed by atoms with van der Waals surface area (Å²) in [5.74, 6) is -0.925. The van der Waals surface area contributed by atoms with E-state index >= 15 is 0 Å². The smallest absolute Gasteiger partial charge is 0.347 e. The first kappa shape index (κ1) is 32.8. The Morgan fingerprint density at radius 2 is 1.13 bits per heavy atom. The van der Waals surface area contributed by atoms with Crippen molar-refractivity contribution in [2.24, 2.45) is 5.11 Å². The van der Waals surface area contributed by atoms with E-state index in [1.807, 2.05) is 121 Å². The molecule has 4 aromatic carbocycles. The molecule has 5 atom stereocenters. The topological polar surface area (TPSA) is 121 Å². The summed E-state index contributed by atoms with van der Waals surface area (Å²) < 4.78 is 37.3. The Morgan fingerprint density at radius 3 is 1.59 bits per heavy atom. The molecule has 238 valence electrons. The Bertz CT molecular complexity index is 1540. The summed E-state index contributed by atoms with van der Waals surface area (Å²) in [4.78, 5) is 16.6. The Kier molecular flexibility index (Phi) is 11.9. The molecule has 1 saturated heterocycles. The lowest BCUT2D eigenvalue weighted by atomic mass is 9.90. The molecule has 1 aliphatic rings. The number of nitrogens with zero attached hydrogens (tertiary/aromatic N) is 3. The van der Waals surface area contributed by atoms with E-state index in [-0.39, 0.29) is 33.0 Å². The molecular weight excluding hydrogens is 586 g/mol. The van der Waals surface area contributed by atoms with Crippen molar-refractivity contribution in [1.82, 2.24) is 0 Å². The standard InChI is InChI=1S/C36H37N3O7/c1-41-35(40)36(38-39-37)34(45-25-30-20-12-5-13-21-30)33(44-24-29-18-10-4-11-19-29)32(43-23-28-16-8-3-9-17-28)31(46-36)26-42-22-27-14-6-2-7-15-27/h2-21,31-34H,22-26H2,1H3/t31-,32+,33+,34-,36-/m1/s1. The number of rotatable bonds is 15. The highest BCUT2D eigenvalue weighted by Crippen LogP contribution is 2.39. The molecule has 0 aliphatic carbocycles. The van der Waals surface area contributed by atoms with Crippen LogP contribution in [0.15, 0.2) is 126 Å². The average Bonchev–Trinajstić information content (AvgIpc) is 3.11. The first-order valence-corrected chi connectivity index (χ1v) is 15.0. The van der Waals surface area contributed by atoms with Gasteiger partial charge in [0.1, 0.15) is 24.4 Å². The SMILES string of the molecule is COC(=O)[C@]1(N=[N+]=[N-])O[C@H](COCc2ccccc2)[C@H](OCc2ccccc2)[C@H](OCc2ccccc2)[C@H]1OCc1ccccc1. The number of carbonyl (C=O) groups excluding carboxylic acids is 1. The minimum absolute atomic E-state index is 0.00928. The van der Waals surface area contributed by atoms with Crippen molar-refractivity contribution in [1.29, 1.82) is 0 Å². The van der Waals surface area contributed by atoms with Gasteiger partial charge in [0.25, 0.3) is 5.72 Å². The molecule has 1 fully saturated rings. The highest BCUT2D eigenvalue weighted by Gasteiger charge is 2.61. The molecule has 0 spiro atoms. The Morgan fingerprint density at radius 1 is 0.696 bits per heavy atom. The molecule has 10 nitrogen and oxygen atoms in total. The third kappa shape index (κ3) is 8.38. The summed E-state index contributed by atoms with van der Waals surface area (Å²) >= 11 is 0. The predicted molar refractivity (Wildman–Crippen MR) is 170 cm³/mol. The summed E-state index contributed by atoms with van der Waals surface area (Å²) in [6.07, 6.45) is -3.95. The fourth-order valence-electron chi connectivity index (χ4n) is 5.35. The van der Waals surface area contributed by atoms with Gasteiger partial charge in [0, 0.05) is 4.91 Å². The van der Waals surface area contributed by atoms with E-state index in [4.69, 9.17) is 28.4 Å². The van der Waals surface area contributed by atoms with Crippen LogP contribution in [0.25, 0.3) is 10.4 Å².